The summed E-state index contributed by atoms with van der Waals surface area (Å²) in [5.41, 5.74) is 1.69. The molecule has 2 aromatic heterocycles. The zero-order chi connectivity index (χ0) is 22.5. The number of halogens is 1. The van der Waals surface area contributed by atoms with Gasteiger partial charge in [-0.3, -0.25) is 4.79 Å². The number of pyridine rings is 1. The Morgan fingerprint density at radius 1 is 1.25 bits per heavy atom. The van der Waals surface area contributed by atoms with E-state index in [9.17, 15) is 10.1 Å². The van der Waals surface area contributed by atoms with Crippen LogP contribution in [0.2, 0.25) is 0 Å². The first-order chi connectivity index (χ1) is 15.4. The number of alkyl halides is 1. The third kappa shape index (κ3) is 3.12. The Labute approximate surface area is 185 Å². The van der Waals surface area contributed by atoms with Crippen molar-refractivity contribution in [2.24, 2.45) is 0 Å². The molecule has 1 aliphatic carbocycles. The van der Waals surface area contributed by atoms with Gasteiger partial charge in [-0.2, -0.15) is 10.4 Å². The van der Waals surface area contributed by atoms with Crippen molar-refractivity contribution in [3.8, 4) is 17.6 Å². The molecule has 5 rings (SSSR count). The van der Waals surface area contributed by atoms with Crippen LogP contribution in [0.15, 0.2) is 36.5 Å². The number of amides is 1. The average molecular weight is 431 g/mol. The smallest absolute Gasteiger partial charge is 0.258 e. The molecule has 1 fully saturated rings. The van der Waals surface area contributed by atoms with Crippen molar-refractivity contribution in [1.29, 1.82) is 5.26 Å². The van der Waals surface area contributed by atoms with Crippen molar-refractivity contribution in [3.05, 3.63) is 70.2 Å². The summed E-state index contributed by atoms with van der Waals surface area (Å²) in [6.45, 7) is 2.56. The maximum atomic E-state index is 15.4. The lowest BCUT2D eigenvalue weighted by molar-refractivity contribution is 0.0553. The first kappa shape index (κ1) is 20.2. The molecule has 3 aromatic rings. The Morgan fingerprint density at radius 2 is 2.06 bits per heavy atom. The van der Waals surface area contributed by atoms with Crippen LogP contribution in [-0.2, 0) is 18.8 Å². The normalized spacial score (nSPS) is 16.2. The highest BCUT2D eigenvalue weighted by Gasteiger charge is 2.44. The average Bonchev–Trinajstić information content (AvgIpc) is 3.35. The predicted molar refractivity (Wildman–Crippen MR) is 114 cm³/mol. The molecular formula is C24H22FN5O2. The van der Waals surface area contributed by atoms with E-state index in [0.717, 1.165) is 23.4 Å². The van der Waals surface area contributed by atoms with Gasteiger partial charge in [0, 0.05) is 29.6 Å². The van der Waals surface area contributed by atoms with E-state index < -0.39 is 5.67 Å². The van der Waals surface area contributed by atoms with Crippen LogP contribution < -0.4 is 4.74 Å². The fourth-order valence-electron chi connectivity index (χ4n) is 4.45. The second-order valence-electron chi connectivity index (χ2n) is 8.34. The molecule has 0 N–H and O–H groups in total. The molecule has 162 valence electrons. The number of nitrogens with zero attached hydrogens (tertiary/aromatic N) is 5. The van der Waals surface area contributed by atoms with Crippen LogP contribution in [0.3, 0.4) is 0 Å². The molecule has 8 heteroatoms. The summed E-state index contributed by atoms with van der Waals surface area (Å²) in [5.74, 6) is 0.501. The zero-order valence-electron chi connectivity index (χ0n) is 17.9. The van der Waals surface area contributed by atoms with E-state index in [0.29, 0.717) is 37.3 Å². The van der Waals surface area contributed by atoms with Gasteiger partial charge in [0.1, 0.15) is 17.5 Å². The number of hydrogen-bond acceptors (Lipinski definition) is 5. The molecule has 0 atom stereocenters. The first-order valence-corrected chi connectivity index (χ1v) is 10.5. The van der Waals surface area contributed by atoms with Gasteiger partial charge >= 0.3 is 0 Å². The van der Waals surface area contributed by atoms with Crippen molar-refractivity contribution < 1.29 is 13.9 Å². The number of fused-ring (bicyclic) bond motifs is 1. The number of aryl methyl sites for hydroxylation is 1. The molecule has 0 saturated heterocycles. The molecule has 3 heterocycles. The second-order valence-corrected chi connectivity index (χ2v) is 8.34. The third-order valence-corrected chi connectivity index (χ3v) is 6.30. The summed E-state index contributed by atoms with van der Waals surface area (Å²) in [6.07, 6.45) is 3.36. The monoisotopic (exact) mass is 431 g/mol. The molecule has 7 nitrogen and oxygen atoms in total. The van der Waals surface area contributed by atoms with Gasteiger partial charge in [-0.25, -0.2) is 14.1 Å². The summed E-state index contributed by atoms with van der Waals surface area (Å²) >= 11 is 0. The van der Waals surface area contributed by atoms with Crippen LogP contribution in [0.1, 0.15) is 57.7 Å². The third-order valence-electron chi connectivity index (χ3n) is 6.30. The van der Waals surface area contributed by atoms with Crippen LogP contribution in [0.5, 0.6) is 5.75 Å². The maximum Gasteiger partial charge on any atom is 0.258 e. The molecule has 1 saturated carbocycles. The van der Waals surface area contributed by atoms with E-state index in [1.807, 2.05) is 37.4 Å². The molecule has 0 bridgehead atoms. The minimum absolute atomic E-state index is 0.137. The number of methoxy groups -OCH3 is 1. The Balaban J connectivity index is 1.48. The number of benzene rings is 1. The lowest BCUT2D eigenvalue weighted by Crippen LogP contribution is -2.34. The number of carbonyl (C=O) groups excluding carboxylic acids is 1. The number of nitriles is 1. The van der Waals surface area contributed by atoms with Crippen molar-refractivity contribution in [2.45, 2.75) is 44.9 Å². The minimum Gasteiger partial charge on any atom is -0.495 e. The van der Waals surface area contributed by atoms with Crippen molar-refractivity contribution in [1.82, 2.24) is 19.7 Å². The van der Waals surface area contributed by atoms with Gasteiger partial charge in [0.15, 0.2) is 5.82 Å². The maximum absolute atomic E-state index is 15.4. The van der Waals surface area contributed by atoms with Crippen LogP contribution >= 0.6 is 0 Å². The highest BCUT2D eigenvalue weighted by molar-refractivity contribution is 6.00. The van der Waals surface area contributed by atoms with Crippen molar-refractivity contribution in [3.63, 3.8) is 0 Å². The molecule has 32 heavy (non-hydrogen) atoms. The number of ether oxygens (including phenoxy) is 1. The lowest BCUT2D eigenvalue weighted by atomic mass is 9.74. The first-order valence-electron chi connectivity index (χ1n) is 10.5. The van der Waals surface area contributed by atoms with Crippen LogP contribution in [0, 0.1) is 18.3 Å². The summed E-state index contributed by atoms with van der Waals surface area (Å²) in [6, 6.07) is 10.9. The van der Waals surface area contributed by atoms with E-state index in [2.05, 4.69) is 10.1 Å². The summed E-state index contributed by atoms with van der Waals surface area (Å²) in [4.78, 5) is 19.7. The fourth-order valence-corrected chi connectivity index (χ4v) is 4.45. The van der Waals surface area contributed by atoms with Gasteiger partial charge in [-0.1, -0.05) is 12.1 Å². The van der Waals surface area contributed by atoms with E-state index in [1.54, 1.807) is 15.6 Å². The van der Waals surface area contributed by atoms with Gasteiger partial charge < -0.3 is 9.64 Å². The topological polar surface area (TPSA) is 84.0 Å². The molecule has 2 aliphatic rings. The molecule has 0 radical (unpaired) electrons. The Morgan fingerprint density at radius 3 is 2.69 bits per heavy atom. The minimum atomic E-state index is -1.56. The van der Waals surface area contributed by atoms with E-state index in [4.69, 9.17) is 4.74 Å². The van der Waals surface area contributed by atoms with Crippen molar-refractivity contribution in [2.75, 3.05) is 7.11 Å². The predicted octanol–water partition coefficient (Wildman–Crippen LogP) is 3.96. The Bertz CT molecular complexity index is 1250. The quantitative estimate of drug-likeness (QED) is 0.624. The van der Waals surface area contributed by atoms with Gasteiger partial charge in [0.2, 0.25) is 0 Å². The lowest BCUT2D eigenvalue weighted by Gasteiger charge is -2.36. The summed E-state index contributed by atoms with van der Waals surface area (Å²) in [5, 5.41) is 14.1. The highest BCUT2D eigenvalue weighted by atomic mass is 19.1. The molecule has 1 aromatic carbocycles. The Kier molecular flexibility index (Phi) is 4.70. The van der Waals surface area contributed by atoms with Gasteiger partial charge in [0.05, 0.1) is 30.5 Å². The van der Waals surface area contributed by atoms with E-state index >= 15 is 4.39 Å². The van der Waals surface area contributed by atoms with Crippen LogP contribution in [-0.4, -0.2) is 32.7 Å². The van der Waals surface area contributed by atoms with Crippen LogP contribution in [0.25, 0.3) is 5.82 Å². The number of carbonyl (C=O) groups is 1. The van der Waals surface area contributed by atoms with Crippen molar-refractivity contribution >= 4 is 5.91 Å². The molecule has 1 amide bonds. The largest absolute Gasteiger partial charge is 0.495 e. The summed E-state index contributed by atoms with van der Waals surface area (Å²) in [7, 11) is 1.40. The summed E-state index contributed by atoms with van der Waals surface area (Å²) < 4.78 is 22.6. The van der Waals surface area contributed by atoms with Crippen LogP contribution in [0.4, 0.5) is 4.39 Å². The fraction of sp³-hybridized carbons (Fsp3) is 0.333. The second kappa shape index (κ2) is 7.45. The molecule has 1 aliphatic heterocycles. The standard InChI is InChI=1S/C24H22FN5O2/c1-15-5-3-6-20(27-15)30-13-17-12-29(14-19(17)28-30)23(31)21-18(24(25)9-4-10-24)8-7-16(11-26)22(21)32-2/h3,5-8,13H,4,9-10,12,14H2,1-2H3. The number of aromatic nitrogens is 3. The van der Waals surface area contributed by atoms with E-state index in [1.165, 1.54) is 13.2 Å². The SMILES string of the molecule is COc1c(C#N)ccc(C2(F)CCC2)c1C(=O)N1Cc2cn(-c3cccc(C)n3)nc2C1. The van der Waals surface area contributed by atoms with E-state index in [-0.39, 0.29) is 22.8 Å². The van der Waals surface area contributed by atoms with Gasteiger partial charge in [0.25, 0.3) is 5.91 Å². The number of hydrogen-bond donors (Lipinski definition) is 0. The van der Waals surface area contributed by atoms with Gasteiger partial charge in [-0.15, -0.1) is 0 Å². The molecule has 0 unspecified atom stereocenters. The molecular weight excluding hydrogens is 409 g/mol. The number of rotatable bonds is 4. The van der Waals surface area contributed by atoms with Gasteiger partial charge in [-0.05, 0) is 44.4 Å². The zero-order valence-corrected chi connectivity index (χ0v) is 17.9. The Hall–Kier alpha value is -3.73. The molecule has 0 spiro atoms. The highest BCUT2D eigenvalue weighted by Crippen LogP contribution is 2.48.